The highest BCUT2D eigenvalue weighted by Gasteiger charge is 2.24. The van der Waals surface area contributed by atoms with Crippen molar-refractivity contribution >= 4 is 0 Å². The molecular formula is C18H21NO. The fourth-order valence-electron chi connectivity index (χ4n) is 3.09. The summed E-state index contributed by atoms with van der Waals surface area (Å²) in [6.45, 7) is 4.04. The number of hydrogen-bond acceptors (Lipinski definition) is 2. The first-order chi connectivity index (χ1) is 9.78. The SMILES string of the molecule is CC[C@@H]1Cc2ccccc2CN1Cc1ccccc1O. The van der Waals surface area contributed by atoms with Crippen molar-refractivity contribution in [3.63, 3.8) is 0 Å². The highest BCUT2D eigenvalue weighted by Crippen LogP contribution is 2.28. The van der Waals surface area contributed by atoms with Gasteiger partial charge in [0.25, 0.3) is 0 Å². The van der Waals surface area contributed by atoms with Crippen LogP contribution in [0.25, 0.3) is 0 Å². The molecule has 2 nitrogen and oxygen atoms in total. The van der Waals surface area contributed by atoms with E-state index in [1.54, 1.807) is 6.07 Å². The summed E-state index contributed by atoms with van der Waals surface area (Å²) >= 11 is 0. The summed E-state index contributed by atoms with van der Waals surface area (Å²) in [5, 5.41) is 9.97. The first-order valence-corrected chi connectivity index (χ1v) is 7.35. The molecule has 1 atom stereocenters. The summed E-state index contributed by atoms with van der Waals surface area (Å²) in [4.78, 5) is 2.48. The summed E-state index contributed by atoms with van der Waals surface area (Å²) in [5.41, 5.74) is 3.92. The minimum absolute atomic E-state index is 0.404. The Morgan fingerprint density at radius 3 is 2.50 bits per heavy atom. The highest BCUT2D eigenvalue weighted by molar-refractivity contribution is 5.33. The van der Waals surface area contributed by atoms with Gasteiger partial charge < -0.3 is 5.11 Å². The van der Waals surface area contributed by atoms with E-state index in [2.05, 4.69) is 36.1 Å². The molecule has 2 aromatic rings. The molecule has 2 heteroatoms. The molecule has 0 saturated carbocycles. The van der Waals surface area contributed by atoms with E-state index in [0.29, 0.717) is 11.8 Å². The summed E-state index contributed by atoms with van der Waals surface area (Å²) in [7, 11) is 0. The smallest absolute Gasteiger partial charge is 0.120 e. The number of phenolic OH excluding ortho intramolecular Hbond substituents is 1. The molecule has 0 radical (unpaired) electrons. The lowest BCUT2D eigenvalue weighted by atomic mass is 9.92. The molecular weight excluding hydrogens is 246 g/mol. The summed E-state index contributed by atoms with van der Waals surface area (Å²) < 4.78 is 0. The van der Waals surface area contributed by atoms with Crippen LogP contribution in [0.5, 0.6) is 5.75 Å². The standard InChI is InChI=1S/C18H21NO/c1-2-17-11-14-7-3-4-8-15(14)12-19(17)13-16-9-5-6-10-18(16)20/h3-10,17,20H,2,11-13H2,1H3/t17-/m1/s1. The van der Waals surface area contributed by atoms with Gasteiger partial charge in [-0.3, -0.25) is 4.90 Å². The highest BCUT2D eigenvalue weighted by atomic mass is 16.3. The molecule has 0 spiro atoms. The third-order valence-electron chi connectivity index (χ3n) is 4.30. The normalized spacial score (nSPS) is 18.8. The van der Waals surface area contributed by atoms with Gasteiger partial charge in [0.1, 0.15) is 5.75 Å². The Labute approximate surface area is 120 Å². The molecule has 1 aliphatic heterocycles. The molecule has 20 heavy (non-hydrogen) atoms. The molecule has 0 aliphatic carbocycles. The van der Waals surface area contributed by atoms with Gasteiger partial charge in [0.2, 0.25) is 0 Å². The van der Waals surface area contributed by atoms with E-state index in [4.69, 9.17) is 0 Å². The van der Waals surface area contributed by atoms with Gasteiger partial charge in [0.15, 0.2) is 0 Å². The van der Waals surface area contributed by atoms with Crippen LogP contribution in [0.15, 0.2) is 48.5 Å². The van der Waals surface area contributed by atoms with E-state index >= 15 is 0 Å². The Morgan fingerprint density at radius 1 is 1.05 bits per heavy atom. The molecule has 1 N–H and O–H groups in total. The zero-order valence-electron chi connectivity index (χ0n) is 11.9. The maximum atomic E-state index is 9.97. The molecule has 0 fully saturated rings. The van der Waals surface area contributed by atoms with Crippen molar-refractivity contribution in [2.24, 2.45) is 0 Å². The molecule has 0 unspecified atom stereocenters. The van der Waals surface area contributed by atoms with E-state index in [1.807, 2.05) is 18.2 Å². The predicted octanol–water partition coefficient (Wildman–Crippen LogP) is 3.73. The van der Waals surface area contributed by atoms with Crippen molar-refractivity contribution in [3.05, 3.63) is 65.2 Å². The summed E-state index contributed by atoms with van der Waals surface area (Å²) in [5.74, 6) is 0.404. The molecule has 1 aliphatic rings. The molecule has 0 amide bonds. The van der Waals surface area contributed by atoms with E-state index in [9.17, 15) is 5.11 Å². The van der Waals surface area contributed by atoms with Crippen LogP contribution < -0.4 is 0 Å². The largest absolute Gasteiger partial charge is 0.508 e. The van der Waals surface area contributed by atoms with Crippen molar-refractivity contribution in [3.8, 4) is 5.75 Å². The van der Waals surface area contributed by atoms with Crippen LogP contribution >= 0.6 is 0 Å². The van der Waals surface area contributed by atoms with Gasteiger partial charge in [-0.25, -0.2) is 0 Å². The monoisotopic (exact) mass is 267 g/mol. The van der Waals surface area contributed by atoms with Crippen LogP contribution in [0, 0.1) is 0 Å². The number of para-hydroxylation sites is 1. The fraction of sp³-hybridized carbons (Fsp3) is 0.333. The van der Waals surface area contributed by atoms with Crippen LogP contribution in [0.4, 0.5) is 0 Å². The van der Waals surface area contributed by atoms with Crippen LogP contribution in [0.2, 0.25) is 0 Å². The van der Waals surface area contributed by atoms with Crippen molar-refractivity contribution in [2.75, 3.05) is 0 Å². The maximum absolute atomic E-state index is 9.97. The molecule has 1 heterocycles. The van der Waals surface area contributed by atoms with E-state index in [-0.39, 0.29) is 0 Å². The first kappa shape index (κ1) is 13.2. The zero-order chi connectivity index (χ0) is 13.9. The van der Waals surface area contributed by atoms with Gasteiger partial charge in [0.05, 0.1) is 0 Å². The minimum atomic E-state index is 0.404. The maximum Gasteiger partial charge on any atom is 0.120 e. The Kier molecular flexibility index (Phi) is 3.75. The topological polar surface area (TPSA) is 23.5 Å². The molecule has 0 saturated heterocycles. The Morgan fingerprint density at radius 2 is 1.75 bits per heavy atom. The molecule has 104 valence electrons. The van der Waals surface area contributed by atoms with Gasteiger partial charge in [-0.1, -0.05) is 49.4 Å². The second kappa shape index (κ2) is 5.68. The molecule has 3 rings (SSSR count). The Hall–Kier alpha value is -1.80. The van der Waals surface area contributed by atoms with Crippen molar-refractivity contribution < 1.29 is 5.11 Å². The van der Waals surface area contributed by atoms with Crippen molar-refractivity contribution in [2.45, 2.75) is 38.9 Å². The van der Waals surface area contributed by atoms with Crippen molar-refractivity contribution in [1.82, 2.24) is 4.90 Å². The second-order valence-corrected chi connectivity index (χ2v) is 5.57. The number of nitrogens with zero attached hydrogens (tertiary/aromatic N) is 1. The number of phenols is 1. The Balaban J connectivity index is 1.84. The number of aromatic hydroxyl groups is 1. The predicted molar refractivity (Wildman–Crippen MR) is 81.6 cm³/mol. The lowest BCUT2D eigenvalue weighted by Crippen LogP contribution is -2.39. The quantitative estimate of drug-likeness (QED) is 0.916. The summed E-state index contributed by atoms with van der Waals surface area (Å²) in [6, 6.07) is 16.9. The average Bonchev–Trinajstić information content (AvgIpc) is 2.49. The van der Waals surface area contributed by atoms with E-state index in [0.717, 1.165) is 31.5 Å². The first-order valence-electron chi connectivity index (χ1n) is 7.35. The van der Waals surface area contributed by atoms with Gasteiger partial charge >= 0.3 is 0 Å². The van der Waals surface area contributed by atoms with Gasteiger partial charge in [-0.15, -0.1) is 0 Å². The number of rotatable bonds is 3. The number of fused-ring (bicyclic) bond motifs is 1. The van der Waals surface area contributed by atoms with Crippen LogP contribution in [0.1, 0.15) is 30.0 Å². The second-order valence-electron chi connectivity index (χ2n) is 5.57. The Bertz CT molecular complexity index is 593. The number of hydrogen-bond donors (Lipinski definition) is 1. The average molecular weight is 267 g/mol. The third-order valence-corrected chi connectivity index (χ3v) is 4.30. The van der Waals surface area contributed by atoms with Crippen LogP contribution in [-0.4, -0.2) is 16.0 Å². The van der Waals surface area contributed by atoms with Gasteiger partial charge in [-0.2, -0.15) is 0 Å². The van der Waals surface area contributed by atoms with Crippen molar-refractivity contribution in [1.29, 1.82) is 0 Å². The van der Waals surface area contributed by atoms with Gasteiger partial charge in [-0.05, 0) is 30.0 Å². The molecule has 2 aromatic carbocycles. The minimum Gasteiger partial charge on any atom is -0.508 e. The lowest BCUT2D eigenvalue weighted by molar-refractivity contribution is 0.156. The number of benzene rings is 2. The van der Waals surface area contributed by atoms with Crippen LogP contribution in [0.3, 0.4) is 0 Å². The third kappa shape index (κ3) is 2.56. The zero-order valence-corrected chi connectivity index (χ0v) is 11.9. The van der Waals surface area contributed by atoms with Gasteiger partial charge in [0, 0.05) is 24.7 Å². The van der Waals surface area contributed by atoms with E-state index < -0.39 is 0 Å². The van der Waals surface area contributed by atoms with E-state index in [1.165, 1.54) is 11.1 Å². The molecule has 0 bridgehead atoms. The summed E-state index contributed by atoms with van der Waals surface area (Å²) in [6.07, 6.45) is 2.25. The fourth-order valence-corrected chi connectivity index (χ4v) is 3.09. The lowest BCUT2D eigenvalue weighted by Gasteiger charge is -2.36. The molecule has 0 aromatic heterocycles. The van der Waals surface area contributed by atoms with Crippen LogP contribution in [-0.2, 0) is 19.5 Å².